The van der Waals surface area contributed by atoms with Crippen LogP contribution in [0.15, 0.2) is 54.7 Å². The van der Waals surface area contributed by atoms with Crippen molar-refractivity contribution in [2.45, 2.75) is 6.61 Å². The molecule has 1 heterocycles. The van der Waals surface area contributed by atoms with Crippen LogP contribution in [0.3, 0.4) is 0 Å². The predicted octanol–water partition coefficient (Wildman–Crippen LogP) is 2.25. The Morgan fingerprint density at radius 2 is 1.94 bits per heavy atom. The van der Waals surface area contributed by atoms with Crippen LogP contribution in [0.1, 0.15) is 5.56 Å². The lowest BCUT2D eigenvalue weighted by Gasteiger charge is -2.06. The predicted molar refractivity (Wildman–Crippen MR) is 70.9 cm³/mol. The minimum absolute atomic E-state index is 0.479. The third-order valence-electron chi connectivity index (χ3n) is 2.76. The van der Waals surface area contributed by atoms with Crippen molar-refractivity contribution in [2.75, 3.05) is 5.73 Å². The van der Waals surface area contributed by atoms with Crippen molar-refractivity contribution in [1.29, 1.82) is 0 Å². The number of nitrogens with two attached hydrogens (primary N) is 1. The first-order valence-corrected chi connectivity index (χ1v) is 5.73. The zero-order valence-electron chi connectivity index (χ0n) is 9.78. The molecule has 4 heteroatoms. The van der Waals surface area contributed by atoms with Crippen LogP contribution in [0.25, 0.3) is 10.9 Å². The second-order valence-corrected chi connectivity index (χ2v) is 4.09. The first-order valence-electron chi connectivity index (χ1n) is 5.73. The minimum atomic E-state index is 0.479. The summed E-state index contributed by atoms with van der Waals surface area (Å²) in [6.07, 6.45) is 1.76. The van der Waals surface area contributed by atoms with Gasteiger partial charge in [-0.3, -0.25) is 0 Å². The number of aromatic nitrogens is 2. The molecular weight excluding hydrogens is 226 g/mol. The van der Waals surface area contributed by atoms with Crippen LogP contribution in [0.4, 0.5) is 5.69 Å². The van der Waals surface area contributed by atoms with E-state index in [0.29, 0.717) is 12.3 Å². The largest absolute Gasteiger partial charge is 0.399 e. The maximum absolute atomic E-state index is 5.76. The molecule has 0 aliphatic carbocycles. The molecule has 3 aromatic rings. The smallest absolute Gasteiger partial charge is 0.142 e. The first-order chi connectivity index (χ1) is 8.83. The zero-order chi connectivity index (χ0) is 12.4. The summed E-state index contributed by atoms with van der Waals surface area (Å²) in [5, 5.41) is 5.20. The molecule has 0 fully saturated rings. The molecule has 0 radical (unpaired) electrons. The van der Waals surface area contributed by atoms with E-state index >= 15 is 0 Å². The number of hydrogen-bond donors (Lipinski definition) is 1. The minimum Gasteiger partial charge on any atom is -0.399 e. The molecule has 0 aliphatic heterocycles. The van der Waals surface area contributed by atoms with Crippen molar-refractivity contribution in [1.82, 2.24) is 9.94 Å². The van der Waals surface area contributed by atoms with Crippen molar-refractivity contribution < 1.29 is 4.84 Å². The van der Waals surface area contributed by atoms with Gasteiger partial charge in [0.15, 0.2) is 0 Å². The van der Waals surface area contributed by atoms with E-state index < -0.39 is 0 Å². The normalized spacial score (nSPS) is 10.7. The fourth-order valence-corrected chi connectivity index (χ4v) is 1.83. The summed E-state index contributed by atoms with van der Waals surface area (Å²) < 4.78 is 0. The fourth-order valence-electron chi connectivity index (χ4n) is 1.83. The summed E-state index contributed by atoms with van der Waals surface area (Å²) >= 11 is 0. The number of rotatable bonds is 3. The Balaban J connectivity index is 1.85. The second-order valence-electron chi connectivity index (χ2n) is 4.09. The average molecular weight is 239 g/mol. The van der Waals surface area contributed by atoms with Crippen molar-refractivity contribution >= 4 is 16.6 Å². The summed E-state index contributed by atoms with van der Waals surface area (Å²) in [4.78, 5) is 7.16. The van der Waals surface area contributed by atoms with Crippen LogP contribution in [-0.4, -0.2) is 9.94 Å². The van der Waals surface area contributed by atoms with Gasteiger partial charge in [-0.25, -0.2) is 0 Å². The molecule has 0 saturated carbocycles. The number of nitrogens with zero attached hydrogens (tertiary/aromatic N) is 2. The summed E-state index contributed by atoms with van der Waals surface area (Å²) in [7, 11) is 0. The van der Waals surface area contributed by atoms with E-state index in [1.807, 2.05) is 48.5 Å². The maximum atomic E-state index is 5.76. The van der Waals surface area contributed by atoms with Crippen LogP contribution in [0, 0.1) is 0 Å². The quantitative estimate of drug-likeness (QED) is 0.713. The summed E-state index contributed by atoms with van der Waals surface area (Å²) in [6.45, 7) is 0.479. The maximum Gasteiger partial charge on any atom is 0.142 e. The van der Waals surface area contributed by atoms with Gasteiger partial charge in [-0.05, 0) is 23.8 Å². The van der Waals surface area contributed by atoms with Gasteiger partial charge in [0.05, 0.1) is 6.20 Å². The Hall–Kier alpha value is -2.49. The van der Waals surface area contributed by atoms with Gasteiger partial charge in [-0.1, -0.05) is 35.2 Å². The third kappa shape index (κ3) is 2.00. The first kappa shape index (κ1) is 10.7. The number of hydrogen-bond acceptors (Lipinski definition) is 3. The standard InChI is InChI=1S/C14H13N3O/c15-13-7-6-12-9-16-17(14(12)8-13)18-10-11-4-2-1-3-5-11/h1-9H,10,15H2. The van der Waals surface area contributed by atoms with Crippen LogP contribution in [0.5, 0.6) is 0 Å². The fraction of sp³-hybridized carbons (Fsp3) is 0.0714. The monoisotopic (exact) mass is 239 g/mol. The molecule has 90 valence electrons. The van der Waals surface area contributed by atoms with Crippen molar-refractivity contribution in [3.8, 4) is 0 Å². The Kier molecular flexibility index (Phi) is 2.61. The van der Waals surface area contributed by atoms with Crippen LogP contribution in [-0.2, 0) is 6.61 Å². The van der Waals surface area contributed by atoms with Gasteiger partial charge in [-0.15, -0.1) is 5.10 Å². The number of anilines is 1. The second kappa shape index (κ2) is 4.41. The van der Waals surface area contributed by atoms with Gasteiger partial charge < -0.3 is 10.6 Å². The number of benzene rings is 2. The van der Waals surface area contributed by atoms with Crippen molar-refractivity contribution in [3.05, 3.63) is 60.3 Å². The van der Waals surface area contributed by atoms with Gasteiger partial charge in [0.2, 0.25) is 0 Å². The van der Waals surface area contributed by atoms with Gasteiger partial charge in [0.25, 0.3) is 0 Å². The van der Waals surface area contributed by atoms with Gasteiger partial charge >= 0.3 is 0 Å². The Morgan fingerprint density at radius 3 is 2.78 bits per heavy atom. The average Bonchev–Trinajstić information content (AvgIpc) is 2.80. The van der Waals surface area contributed by atoms with Gasteiger partial charge in [0.1, 0.15) is 12.1 Å². The highest BCUT2D eigenvalue weighted by atomic mass is 16.7. The Labute approximate surface area is 105 Å². The summed E-state index contributed by atoms with van der Waals surface area (Å²) in [5.41, 5.74) is 8.45. The number of nitrogen functional groups attached to an aromatic ring is 1. The molecular formula is C14H13N3O. The molecule has 0 atom stereocenters. The van der Waals surface area contributed by atoms with E-state index in [4.69, 9.17) is 10.6 Å². The molecule has 0 spiro atoms. The lowest BCUT2D eigenvalue weighted by atomic mass is 10.2. The third-order valence-corrected chi connectivity index (χ3v) is 2.76. The van der Waals surface area contributed by atoms with E-state index in [1.165, 1.54) is 4.85 Å². The highest BCUT2D eigenvalue weighted by Gasteiger charge is 2.03. The number of fused-ring (bicyclic) bond motifs is 1. The van der Waals surface area contributed by atoms with E-state index in [1.54, 1.807) is 6.20 Å². The van der Waals surface area contributed by atoms with Gasteiger partial charge in [-0.2, -0.15) is 0 Å². The molecule has 0 unspecified atom stereocenters. The molecule has 18 heavy (non-hydrogen) atoms. The summed E-state index contributed by atoms with van der Waals surface area (Å²) in [5.74, 6) is 0. The van der Waals surface area contributed by atoms with Gasteiger partial charge in [0, 0.05) is 11.1 Å². The van der Waals surface area contributed by atoms with E-state index in [2.05, 4.69) is 5.10 Å². The van der Waals surface area contributed by atoms with E-state index in [9.17, 15) is 0 Å². The molecule has 0 aliphatic rings. The lowest BCUT2D eigenvalue weighted by molar-refractivity contribution is 0.0795. The molecule has 4 nitrogen and oxygen atoms in total. The van der Waals surface area contributed by atoms with Crippen LogP contribution in [0.2, 0.25) is 0 Å². The molecule has 1 aromatic heterocycles. The highest BCUT2D eigenvalue weighted by Crippen LogP contribution is 2.16. The molecule has 3 rings (SSSR count). The molecule has 0 amide bonds. The van der Waals surface area contributed by atoms with Crippen molar-refractivity contribution in [2.24, 2.45) is 0 Å². The van der Waals surface area contributed by atoms with E-state index in [0.717, 1.165) is 16.5 Å². The highest BCUT2D eigenvalue weighted by molar-refractivity contribution is 5.81. The SMILES string of the molecule is Nc1ccc2cnn(OCc3ccccc3)c2c1. The Morgan fingerprint density at radius 1 is 1.11 bits per heavy atom. The molecule has 0 saturated heterocycles. The molecule has 2 aromatic carbocycles. The van der Waals surface area contributed by atoms with E-state index in [-0.39, 0.29) is 0 Å². The molecule has 2 N–H and O–H groups in total. The molecule has 0 bridgehead atoms. The zero-order valence-corrected chi connectivity index (χ0v) is 9.78. The van der Waals surface area contributed by atoms with Crippen LogP contribution >= 0.6 is 0 Å². The van der Waals surface area contributed by atoms with Crippen LogP contribution < -0.4 is 10.6 Å². The Bertz CT molecular complexity index is 661. The summed E-state index contributed by atoms with van der Waals surface area (Å²) in [6, 6.07) is 15.6. The topological polar surface area (TPSA) is 53.1 Å². The lowest BCUT2D eigenvalue weighted by Crippen LogP contribution is -2.12. The van der Waals surface area contributed by atoms with Crippen molar-refractivity contribution in [3.63, 3.8) is 0 Å².